The Morgan fingerprint density at radius 3 is 2.35 bits per heavy atom. The zero-order valence-electron chi connectivity index (χ0n) is 18.7. The van der Waals surface area contributed by atoms with Gasteiger partial charge in [0.15, 0.2) is 18.1 Å². The molecule has 0 aromatic heterocycles. The molecule has 1 aromatic carbocycles. The second-order valence-electron chi connectivity index (χ2n) is 7.14. The number of rotatable bonds is 10. The van der Waals surface area contributed by atoms with Crippen LogP contribution in [0.25, 0.3) is 0 Å². The van der Waals surface area contributed by atoms with Crippen molar-refractivity contribution in [2.75, 3.05) is 33.9 Å². The van der Waals surface area contributed by atoms with Crippen molar-refractivity contribution < 1.29 is 28.6 Å². The highest BCUT2D eigenvalue weighted by molar-refractivity contribution is 5.95. The van der Waals surface area contributed by atoms with Crippen LogP contribution in [0.4, 0.5) is 4.79 Å². The van der Waals surface area contributed by atoms with Crippen LogP contribution in [0.3, 0.4) is 0 Å². The molecule has 2 rings (SSSR count). The standard InChI is InChI=1S/C22H31N3O6/c1-6-10-25(11-7-2)18(26)13-31-16-9-8-15(12-17(16)29-4)20-19(21(27)30-5)14(3)23-22(28)24-20/h8-9,12,20H,6-7,10-11,13H2,1-5H3,(H2,23,24,28). The summed E-state index contributed by atoms with van der Waals surface area (Å²) in [7, 11) is 2.77. The fraction of sp³-hybridized carbons (Fsp3) is 0.500. The van der Waals surface area contributed by atoms with Crippen LogP contribution >= 0.6 is 0 Å². The van der Waals surface area contributed by atoms with E-state index < -0.39 is 18.0 Å². The van der Waals surface area contributed by atoms with Crippen LogP contribution in [0.1, 0.15) is 45.2 Å². The number of carbonyl (C=O) groups is 3. The third kappa shape index (κ3) is 5.90. The summed E-state index contributed by atoms with van der Waals surface area (Å²) in [5.74, 6) is 0.143. The van der Waals surface area contributed by atoms with Gasteiger partial charge in [0, 0.05) is 18.8 Å². The molecule has 1 heterocycles. The van der Waals surface area contributed by atoms with Crippen molar-refractivity contribution in [3.63, 3.8) is 0 Å². The molecule has 170 valence electrons. The van der Waals surface area contributed by atoms with Gasteiger partial charge in [-0.15, -0.1) is 0 Å². The molecule has 0 saturated carbocycles. The highest BCUT2D eigenvalue weighted by Crippen LogP contribution is 2.34. The minimum atomic E-state index is -0.713. The van der Waals surface area contributed by atoms with Gasteiger partial charge in [-0.1, -0.05) is 19.9 Å². The van der Waals surface area contributed by atoms with Gasteiger partial charge in [-0.3, -0.25) is 4.79 Å². The second-order valence-corrected chi connectivity index (χ2v) is 7.14. The molecule has 0 aliphatic carbocycles. The smallest absolute Gasteiger partial charge is 0.337 e. The minimum absolute atomic E-state index is 0.0908. The number of hydrogen-bond donors (Lipinski definition) is 2. The molecule has 9 heteroatoms. The van der Waals surface area contributed by atoms with Crippen molar-refractivity contribution in [1.29, 1.82) is 0 Å². The maximum atomic E-state index is 12.5. The highest BCUT2D eigenvalue weighted by Gasteiger charge is 2.32. The molecule has 0 fully saturated rings. The second kappa shape index (κ2) is 11.2. The maximum Gasteiger partial charge on any atom is 0.337 e. The lowest BCUT2D eigenvalue weighted by Crippen LogP contribution is -2.45. The fourth-order valence-corrected chi connectivity index (χ4v) is 3.44. The first-order chi connectivity index (χ1) is 14.9. The molecule has 1 aliphatic rings. The summed E-state index contributed by atoms with van der Waals surface area (Å²) in [6, 6.07) is 3.90. The molecule has 9 nitrogen and oxygen atoms in total. The van der Waals surface area contributed by atoms with E-state index >= 15 is 0 Å². The quantitative estimate of drug-likeness (QED) is 0.549. The molecule has 0 radical (unpaired) electrons. The molecule has 3 amide bonds. The summed E-state index contributed by atoms with van der Waals surface area (Å²) in [6.45, 7) is 6.95. The molecular formula is C22H31N3O6. The van der Waals surface area contributed by atoms with Crippen molar-refractivity contribution in [1.82, 2.24) is 15.5 Å². The third-order valence-corrected chi connectivity index (χ3v) is 4.89. The van der Waals surface area contributed by atoms with Crippen molar-refractivity contribution in [3.05, 3.63) is 35.0 Å². The molecule has 31 heavy (non-hydrogen) atoms. The van der Waals surface area contributed by atoms with E-state index in [1.165, 1.54) is 14.2 Å². The number of nitrogens with zero attached hydrogens (tertiary/aromatic N) is 1. The monoisotopic (exact) mass is 433 g/mol. The minimum Gasteiger partial charge on any atom is -0.493 e. The van der Waals surface area contributed by atoms with E-state index in [2.05, 4.69) is 10.6 Å². The van der Waals surface area contributed by atoms with Crippen molar-refractivity contribution in [3.8, 4) is 11.5 Å². The predicted molar refractivity (Wildman–Crippen MR) is 115 cm³/mol. The largest absolute Gasteiger partial charge is 0.493 e. The van der Waals surface area contributed by atoms with Gasteiger partial charge in [0.2, 0.25) is 0 Å². The lowest BCUT2D eigenvalue weighted by molar-refractivity contribution is -0.136. The first-order valence-electron chi connectivity index (χ1n) is 10.3. The van der Waals surface area contributed by atoms with Gasteiger partial charge in [-0.2, -0.15) is 0 Å². The Morgan fingerprint density at radius 1 is 1.10 bits per heavy atom. The molecule has 0 bridgehead atoms. The normalized spacial score (nSPS) is 15.6. The highest BCUT2D eigenvalue weighted by atomic mass is 16.5. The Hall–Kier alpha value is -3.23. The van der Waals surface area contributed by atoms with E-state index in [9.17, 15) is 14.4 Å². The van der Waals surface area contributed by atoms with Crippen molar-refractivity contribution in [2.45, 2.75) is 39.7 Å². The number of esters is 1. The number of ether oxygens (including phenoxy) is 3. The van der Waals surface area contributed by atoms with Crippen LogP contribution in [-0.4, -0.2) is 56.7 Å². The average molecular weight is 434 g/mol. The summed E-state index contributed by atoms with van der Waals surface area (Å²) in [5, 5.41) is 5.31. The summed E-state index contributed by atoms with van der Waals surface area (Å²) >= 11 is 0. The molecule has 1 aliphatic heterocycles. The lowest BCUT2D eigenvalue weighted by atomic mass is 9.95. The van der Waals surface area contributed by atoms with Crippen LogP contribution in [0, 0.1) is 0 Å². The van der Waals surface area contributed by atoms with Crippen LogP contribution in [0.2, 0.25) is 0 Å². The molecule has 2 N–H and O–H groups in total. The number of nitrogens with one attached hydrogen (secondary N) is 2. The van der Waals surface area contributed by atoms with Crippen molar-refractivity contribution >= 4 is 17.9 Å². The van der Waals surface area contributed by atoms with Gasteiger partial charge in [-0.25, -0.2) is 9.59 Å². The van der Waals surface area contributed by atoms with Crippen molar-refractivity contribution in [2.24, 2.45) is 0 Å². The first-order valence-corrected chi connectivity index (χ1v) is 10.3. The van der Waals surface area contributed by atoms with E-state index in [4.69, 9.17) is 14.2 Å². The lowest BCUT2D eigenvalue weighted by Gasteiger charge is -2.28. The maximum absolute atomic E-state index is 12.5. The number of allylic oxidation sites excluding steroid dienone is 1. The van der Waals surface area contributed by atoms with E-state index in [1.807, 2.05) is 13.8 Å². The average Bonchev–Trinajstić information content (AvgIpc) is 2.76. The molecule has 1 unspecified atom stereocenters. The predicted octanol–water partition coefficient (Wildman–Crippen LogP) is 2.52. The summed E-state index contributed by atoms with van der Waals surface area (Å²) in [4.78, 5) is 38.5. The Morgan fingerprint density at radius 2 is 1.77 bits per heavy atom. The summed E-state index contributed by atoms with van der Waals surface area (Å²) in [6.07, 6.45) is 1.75. The Bertz CT molecular complexity index is 846. The van der Waals surface area contributed by atoms with E-state index in [0.717, 1.165) is 12.8 Å². The SMILES string of the molecule is CCCN(CCC)C(=O)COc1ccc(C2NC(=O)NC(C)=C2C(=O)OC)cc1OC. The fourth-order valence-electron chi connectivity index (χ4n) is 3.44. The van der Waals surface area contributed by atoms with Crippen LogP contribution in [-0.2, 0) is 14.3 Å². The Kier molecular flexibility index (Phi) is 8.72. The van der Waals surface area contributed by atoms with Gasteiger partial charge in [0.1, 0.15) is 0 Å². The van der Waals surface area contributed by atoms with Gasteiger partial charge in [0.05, 0.1) is 25.8 Å². The van der Waals surface area contributed by atoms with Crippen LogP contribution in [0.5, 0.6) is 11.5 Å². The number of hydrogen-bond acceptors (Lipinski definition) is 6. The first kappa shape index (κ1) is 24.0. The molecule has 0 spiro atoms. The zero-order valence-corrected chi connectivity index (χ0v) is 18.7. The van der Waals surface area contributed by atoms with Gasteiger partial charge >= 0.3 is 12.0 Å². The van der Waals surface area contributed by atoms with Gasteiger partial charge in [-0.05, 0) is 37.5 Å². The van der Waals surface area contributed by atoms with E-state index in [-0.39, 0.29) is 12.5 Å². The zero-order chi connectivity index (χ0) is 23.0. The number of urea groups is 1. The molecule has 0 saturated heterocycles. The molecular weight excluding hydrogens is 402 g/mol. The summed E-state index contributed by atoms with van der Waals surface area (Å²) < 4.78 is 16.0. The number of carbonyl (C=O) groups excluding carboxylic acids is 3. The van der Waals surface area contributed by atoms with Gasteiger partial charge < -0.3 is 29.7 Å². The van der Waals surface area contributed by atoms with Crippen LogP contribution in [0.15, 0.2) is 29.5 Å². The van der Waals surface area contributed by atoms with Gasteiger partial charge in [0.25, 0.3) is 5.91 Å². The number of amides is 3. The number of methoxy groups -OCH3 is 2. The topological polar surface area (TPSA) is 106 Å². The number of benzene rings is 1. The van der Waals surface area contributed by atoms with E-state index in [0.29, 0.717) is 41.4 Å². The van der Waals surface area contributed by atoms with E-state index in [1.54, 1.807) is 30.0 Å². The molecule has 1 aromatic rings. The Labute approximate surface area is 182 Å². The molecule has 1 atom stereocenters. The summed E-state index contributed by atoms with van der Waals surface area (Å²) in [5.41, 5.74) is 1.32. The Balaban J connectivity index is 2.24. The third-order valence-electron chi connectivity index (χ3n) is 4.89. The van der Waals surface area contributed by atoms with Crippen LogP contribution < -0.4 is 20.1 Å².